The van der Waals surface area contributed by atoms with Crippen LogP contribution in [0.5, 0.6) is 0 Å². The first kappa shape index (κ1) is 12.6. The standard InChI is InChI=1S/C15H18N2O/c1-4-16-15(18)12-9-14(10(2)3)17-13-8-6-5-7-11(12)13/h5-10H,4H2,1-3H3,(H,16,18). The fourth-order valence-electron chi connectivity index (χ4n) is 1.94. The third-order valence-electron chi connectivity index (χ3n) is 2.91. The van der Waals surface area contributed by atoms with Crippen molar-refractivity contribution in [2.75, 3.05) is 6.54 Å². The van der Waals surface area contributed by atoms with Crippen LogP contribution >= 0.6 is 0 Å². The van der Waals surface area contributed by atoms with Gasteiger partial charge in [0.25, 0.3) is 5.91 Å². The number of hydrogen-bond donors (Lipinski definition) is 1. The molecular weight excluding hydrogens is 224 g/mol. The lowest BCUT2D eigenvalue weighted by atomic mass is 10.0. The lowest BCUT2D eigenvalue weighted by Crippen LogP contribution is -2.23. The highest BCUT2D eigenvalue weighted by Gasteiger charge is 2.13. The van der Waals surface area contributed by atoms with Crippen molar-refractivity contribution in [1.29, 1.82) is 0 Å². The predicted octanol–water partition coefficient (Wildman–Crippen LogP) is 3.11. The average Bonchev–Trinajstić information content (AvgIpc) is 2.37. The third kappa shape index (κ3) is 2.35. The van der Waals surface area contributed by atoms with E-state index in [1.54, 1.807) is 0 Å². The first-order valence-electron chi connectivity index (χ1n) is 6.31. The Kier molecular flexibility index (Phi) is 3.60. The molecule has 3 heteroatoms. The van der Waals surface area contributed by atoms with Crippen molar-refractivity contribution in [2.24, 2.45) is 0 Å². The molecule has 1 aromatic carbocycles. The number of amides is 1. The molecule has 1 heterocycles. The van der Waals surface area contributed by atoms with Crippen molar-refractivity contribution in [1.82, 2.24) is 10.3 Å². The van der Waals surface area contributed by atoms with Crippen LogP contribution in [-0.4, -0.2) is 17.4 Å². The molecule has 0 aliphatic heterocycles. The van der Waals surface area contributed by atoms with E-state index in [-0.39, 0.29) is 5.91 Å². The number of nitrogens with one attached hydrogen (secondary N) is 1. The molecule has 0 bridgehead atoms. The van der Waals surface area contributed by atoms with E-state index in [1.807, 2.05) is 37.3 Å². The van der Waals surface area contributed by atoms with Crippen LogP contribution in [0.1, 0.15) is 42.7 Å². The largest absolute Gasteiger partial charge is 0.352 e. The van der Waals surface area contributed by atoms with Crippen LogP contribution < -0.4 is 5.32 Å². The summed E-state index contributed by atoms with van der Waals surface area (Å²) in [5.74, 6) is 0.279. The number of fused-ring (bicyclic) bond motifs is 1. The number of pyridine rings is 1. The van der Waals surface area contributed by atoms with Crippen molar-refractivity contribution < 1.29 is 4.79 Å². The number of hydrogen-bond acceptors (Lipinski definition) is 2. The van der Waals surface area contributed by atoms with Gasteiger partial charge in [0.1, 0.15) is 0 Å². The van der Waals surface area contributed by atoms with Gasteiger partial charge in [0, 0.05) is 17.6 Å². The van der Waals surface area contributed by atoms with Gasteiger partial charge in [-0.1, -0.05) is 32.0 Å². The Morgan fingerprint density at radius 2 is 2.06 bits per heavy atom. The van der Waals surface area contributed by atoms with E-state index in [4.69, 9.17) is 0 Å². The van der Waals surface area contributed by atoms with Crippen LogP contribution in [0.15, 0.2) is 30.3 Å². The van der Waals surface area contributed by atoms with Crippen molar-refractivity contribution in [3.63, 3.8) is 0 Å². The molecule has 94 valence electrons. The second-order valence-corrected chi connectivity index (χ2v) is 4.63. The SMILES string of the molecule is CCNC(=O)c1cc(C(C)C)nc2ccccc12. The van der Waals surface area contributed by atoms with Crippen LogP contribution in [-0.2, 0) is 0 Å². The Balaban J connectivity index is 2.64. The van der Waals surface area contributed by atoms with E-state index < -0.39 is 0 Å². The zero-order valence-electron chi connectivity index (χ0n) is 11.0. The molecule has 0 saturated heterocycles. The molecule has 0 spiro atoms. The van der Waals surface area contributed by atoms with E-state index in [0.29, 0.717) is 18.0 Å². The van der Waals surface area contributed by atoms with Crippen LogP contribution in [0.3, 0.4) is 0 Å². The number of nitrogens with zero attached hydrogens (tertiary/aromatic N) is 1. The van der Waals surface area contributed by atoms with Gasteiger partial charge in [-0.25, -0.2) is 0 Å². The average molecular weight is 242 g/mol. The summed E-state index contributed by atoms with van der Waals surface area (Å²) < 4.78 is 0. The molecule has 0 radical (unpaired) electrons. The van der Waals surface area contributed by atoms with E-state index >= 15 is 0 Å². The Labute approximate surface area is 107 Å². The minimum Gasteiger partial charge on any atom is -0.352 e. The van der Waals surface area contributed by atoms with Crippen molar-refractivity contribution >= 4 is 16.8 Å². The highest BCUT2D eigenvalue weighted by Crippen LogP contribution is 2.22. The molecule has 1 N–H and O–H groups in total. The van der Waals surface area contributed by atoms with Crippen LogP contribution in [0.2, 0.25) is 0 Å². The maximum Gasteiger partial charge on any atom is 0.252 e. The molecule has 0 atom stereocenters. The van der Waals surface area contributed by atoms with Crippen molar-refractivity contribution in [3.05, 3.63) is 41.6 Å². The van der Waals surface area contributed by atoms with Crippen molar-refractivity contribution in [2.45, 2.75) is 26.7 Å². The molecule has 0 aliphatic rings. The fraction of sp³-hybridized carbons (Fsp3) is 0.333. The molecule has 3 nitrogen and oxygen atoms in total. The molecule has 1 amide bonds. The van der Waals surface area contributed by atoms with Gasteiger partial charge in [0.05, 0.1) is 11.1 Å². The smallest absolute Gasteiger partial charge is 0.252 e. The number of carbonyl (C=O) groups is 1. The van der Waals surface area contributed by atoms with Crippen LogP contribution in [0.25, 0.3) is 10.9 Å². The molecule has 0 saturated carbocycles. The number of carbonyl (C=O) groups excluding carboxylic acids is 1. The van der Waals surface area contributed by atoms with Gasteiger partial charge in [-0.15, -0.1) is 0 Å². The predicted molar refractivity (Wildman–Crippen MR) is 73.8 cm³/mol. The monoisotopic (exact) mass is 242 g/mol. The topological polar surface area (TPSA) is 42.0 Å². The molecule has 1 aromatic heterocycles. The van der Waals surface area contributed by atoms with Gasteiger partial charge >= 0.3 is 0 Å². The number of aromatic nitrogens is 1. The quantitative estimate of drug-likeness (QED) is 0.898. The lowest BCUT2D eigenvalue weighted by Gasteiger charge is -2.11. The van der Waals surface area contributed by atoms with Crippen LogP contribution in [0, 0.1) is 0 Å². The third-order valence-corrected chi connectivity index (χ3v) is 2.91. The summed E-state index contributed by atoms with van der Waals surface area (Å²) in [4.78, 5) is 16.7. The van der Waals surface area contributed by atoms with Gasteiger partial charge < -0.3 is 5.32 Å². The normalized spacial score (nSPS) is 10.9. The summed E-state index contributed by atoms with van der Waals surface area (Å²) in [6, 6.07) is 9.67. The molecule has 2 rings (SSSR count). The van der Waals surface area contributed by atoms with Gasteiger partial charge in [-0.2, -0.15) is 0 Å². The van der Waals surface area contributed by atoms with E-state index in [2.05, 4.69) is 24.1 Å². The number of para-hydroxylation sites is 1. The Hall–Kier alpha value is -1.90. The first-order chi connectivity index (χ1) is 8.63. The Bertz CT molecular complexity index is 576. The fourth-order valence-corrected chi connectivity index (χ4v) is 1.94. The van der Waals surface area contributed by atoms with Crippen molar-refractivity contribution in [3.8, 4) is 0 Å². The zero-order valence-corrected chi connectivity index (χ0v) is 11.0. The second-order valence-electron chi connectivity index (χ2n) is 4.63. The highest BCUT2D eigenvalue weighted by molar-refractivity contribution is 6.06. The minimum atomic E-state index is -0.0296. The summed E-state index contributed by atoms with van der Waals surface area (Å²) in [5, 5.41) is 3.76. The van der Waals surface area contributed by atoms with Crippen LogP contribution in [0.4, 0.5) is 0 Å². The zero-order chi connectivity index (χ0) is 13.1. The maximum absolute atomic E-state index is 12.1. The summed E-state index contributed by atoms with van der Waals surface area (Å²) >= 11 is 0. The summed E-state index contributed by atoms with van der Waals surface area (Å²) in [6.45, 7) is 6.72. The number of rotatable bonds is 3. The van der Waals surface area contributed by atoms with Gasteiger partial charge in [-0.05, 0) is 25.0 Å². The molecule has 0 aliphatic carbocycles. The molecule has 0 fully saturated rings. The summed E-state index contributed by atoms with van der Waals surface area (Å²) in [5.41, 5.74) is 2.55. The number of benzene rings is 1. The van der Waals surface area contributed by atoms with Gasteiger partial charge in [0.2, 0.25) is 0 Å². The molecular formula is C15H18N2O. The second kappa shape index (κ2) is 5.17. The highest BCUT2D eigenvalue weighted by atomic mass is 16.1. The molecule has 18 heavy (non-hydrogen) atoms. The first-order valence-corrected chi connectivity index (χ1v) is 6.31. The van der Waals surface area contributed by atoms with E-state index in [0.717, 1.165) is 16.6 Å². The minimum absolute atomic E-state index is 0.0296. The van der Waals surface area contributed by atoms with E-state index in [9.17, 15) is 4.79 Å². The molecule has 0 unspecified atom stereocenters. The van der Waals surface area contributed by atoms with E-state index in [1.165, 1.54) is 0 Å². The Morgan fingerprint density at radius 1 is 1.33 bits per heavy atom. The summed E-state index contributed by atoms with van der Waals surface area (Å²) in [6.07, 6.45) is 0. The lowest BCUT2D eigenvalue weighted by molar-refractivity contribution is 0.0957. The Morgan fingerprint density at radius 3 is 2.72 bits per heavy atom. The van der Waals surface area contributed by atoms with Gasteiger partial charge in [0.15, 0.2) is 0 Å². The molecule has 2 aromatic rings. The van der Waals surface area contributed by atoms with Gasteiger partial charge in [-0.3, -0.25) is 9.78 Å². The maximum atomic E-state index is 12.1. The summed E-state index contributed by atoms with van der Waals surface area (Å²) in [7, 11) is 0.